The summed E-state index contributed by atoms with van der Waals surface area (Å²) >= 11 is 6.04. The molecule has 0 aliphatic carbocycles. The van der Waals surface area contributed by atoms with Crippen LogP contribution in [-0.2, 0) is 0 Å². The second kappa shape index (κ2) is 4.90. The van der Waals surface area contributed by atoms with Gasteiger partial charge in [-0.2, -0.15) is 5.26 Å². The largest absolute Gasteiger partial charge is 0.355 e. The van der Waals surface area contributed by atoms with E-state index in [1.54, 1.807) is 12.1 Å². The van der Waals surface area contributed by atoms with Gasteiger partial charge in [0.15, 0.2) is 0 Å². The first-order chi connectivity index (χ1) is 8.20. The third kappa shape index (κ3) is 2.58. The van der Waals surface area contributed by atoms with Crippen molar-refractivity contribution >= 4 is 23.0 Å². The highest BCUT2D eigenvalue weighted by atomic mass is 35.5. The van der Waals surface area contributed by atoms with Crippen LogP contribution in [0.15, 0.2) is 42.5 Å². The molecule has 2 aromatic carbocycles. The van der Waals surface area contributed by atoms with E-state index in [-0.39, 0.29) is 0 Å². The minimum Gasteiger partial charge on any atom is -0.355 e. The monoisotopic (exact) mass is 242 g/mol. The molecule has 0 atom stereocenters. The van der Waals surface area contributed by atoms with Crippen LogP contribution < -0.4 is 5.32 Å². The van der Waals surface area contributed by atoms with E-state index in [1.165, 1.54) is 0 Å². The van der Waals surface area contributed by atoms with E-state index >= 15 is 0 Å². The van der Waals surface area contributed by atoms with Crippen LogP contribution in [0.25, 0.3) is 0 Å². The van der Waals surface area contributed by atoms with Gasteiger partial charge in [0.1, 0.15) is 0 Å². The third-order valence-electron chi connectivity index (χ3n) is 2.56. The Balaban J connectivity index is 2.26. The number of halogens is 1. The Morgan fingerprint density at radius 3 is 2.47 bits per heavy atom. The highest BCUT2D eigenvalue weighted by molar-refractivity contribution is 6.31. The van der Waals surface area contributed by atoms with Gasteiger partial charge in [-0.3, -0.25) is 0 Å². The summed E-state index contributed by atoms with van der Waals surface area (Å²) in [6.07, 6.45) is 0. The predicted octanol–water partition coefficient (Wildman–Crippen LogP) is 4.26. The minimum absolute atomic E-state index is 0.651. The average Bonchev–Trinajstić information content (AvgIpc) is 2.36. The molecule has 0 aromatic heterocycles. The van der Waals surface area contributed by atoms with Crippen LogP contribution in [0.3, 0.4) is 0 Å². The second-order valence-electron chi connectivity index (χ2n) is 3.73. The Kier molecular flexibility index (Phi) is 3.32. The lowest BCUT2D eigenvalue weighted by atomic mass is 10.1. The lowest BCUT2D eigenvalue weighted by Crippen LogP contribution is -1.93. The number of nitriles is 1. The summed E-state index contributed by atoms with van der Waals surface area (Å²) in [4.78, 5) is 0. The van der Waals surface area contributed by atoms with Gasteiger partial charge in [-0.15, -0.1) is 0 Å². The van der Waals surface area contributed by atoms with Crippen molar-refractivity contribution in [2.45, 2.75) is 6.92 Å². The Morgan fingerprint density at radius 2 is 1.82 bits per heavy atom. The molecule has 2 rings (SSSR count). The number of anilines is 2. The molecule has 0 spiro atoms. The summed E-state index contributed by atoms with van der Waals surface area (Å²) in [5.74, 6) is 0. The van der Waals surface area contributed by atoms with Crippen LogP contribution in [0.2, 0.25) is 5.02 Å². The van der Waals surface area contributed by atoms with Gasteiger partial charge in [0.2, 0.25) is 0 Å². The van der Waals surface area contributed by atoms with Crippen LogP contribution in [0, 0.1) is 18.3 Å². The summed E-state index contributed by atoms with van der Waals surface area (Å²) in [6.45, 7) is 1.97. The number of rotatable bonds is 2. The molecule has 84 valence electrons. The summed E-state index contributed by atoms with van der Waals surface area (Å²) in [5.41, 5.74) is 3.58. The minimum atomic E-state index is 0.651. The fraction of sp³-hybridized carbons (Fsp3) is 0.0714. The topological polar surface area (TPSA) is 35.8 Å². The first-order valence-corrected chi connectivity index (χ1v) is 5.61. The van der Waals surface area contributed by atoms with E-state index in [1.807, 2.05) is 37.3 Å². The Hall–Kier alpha value is -1.98. The SMILES string of the molecule is Cc1c(Cl)cccc1Nc1ccc(C#N)cc1. The molecule has 2 aromatic rings. The van der Waals surface area contributed by atoms with Gasteiger partial charge in [0.05, 0.1) is 11.6 Å². The van der Waals surface area contributed by atoms with Gasteiger partial charge in [0, 0.05) is 16.4 Å². The molecule has 0 amide bonds. The van der Waals surface area contributed by atoms with Crippen LogP contribution >= 0.6 is 11.6 Å². The molecule has 17 heavy (non-hydrogen) atoms. The van der Waals surface area contributed by atoms with E-state index in [0.29, 0.717) is 5.56 Å². The summed E-state index contributed by atoms with van der Waals surface area (Å²) < 4.78 is 0. The van der Waals surface area contributed by atoms with Crippen molar-refractivity contribution < 1.29 is 0 Å². The molecule has 0 aliphatic rings. The van der Waals surface area contributed by atoms with Gasteiger partial charge in [-0.05, 0) is 48.9 Å². The number of hydrogen-bond donors (Lipinski definition) is 1. The zero-order chi connectivity index (χ0) is 12.3. The molecular formula is C14H11ClN2. The van der Waals surface area contributed by atoms with E-state index in [4.69, 9.17) is 16.9 Å². The van der Waals surface area contributed by atoms with E-state index in [2.05, 4.69) is 11.4 Å². The first-order valence-electron chi connectivity index (χ1n) is 5.23. The van der Waals surface area contributed by atoms with Crippen molar-refractivity contribution in [2.24, 2.45) is 0 Å². The highest BCUT2D eigenvalue weighted by Gasteiger charge is 2.02. The highest BCUT2D eigenvalue weighted by Crippen LogP contribution is 2.26. The molecule has 1 N–H and O–H groups in total. The zero-order valence-electron chi connectivity index (χ0n) is 9.37. The molecule has 0 bridgehead atoms. The van der Waals surface area contributed by atoms with Gasteiger partial charge < -0.3 is 5.32 Å². The fourth-order valence-electron chi connectivity index (χ4n) is 1.53. The van der Waals surface area contributed by atoms with E-state index in [9.17, 15) is 0 Å². The smallest absolute Gasteiger partial charge is 0.0991 e. The van der Waals surface area contributed by atoms with Crippen molar-refractivity contribution in [2.75, 3.05) is 5.32 Å². The molecule has 0 saturated heterocycles. The second-order valence-corrected chi connectivity index (χ2v) is 4.13. The first kappa shape index (κ1) is 11.5. The molecular weight excluding hydrogens is 232 g/mol. The molecule has 0 fully saturated rings. The van der Waals surface area contributed by atoms with Crippen molar-refractivity contribution in [3.05, 3.63) is 58.6 Å². The van der Waals surface area contributed by atoms with Gasteiger partial charge >= 0.3 is 0 Å². The fourth-order valence-corrected chi connectivity index (χ4v) is 1.70. The predicted molar refractivity (Wildman–Crippen MR) is 70.6 cm³/mol. The number of nitrogens with zero attached hydrogens (tertiary/aromatic N) is 1. The molecule has 0 radical (unpaired) electrons. The number of nitrogens with one attached hydrogen (secondary N) is 1. The lowest BCUT2D eigenvalue weighted by molar-refractivity contribution is 1.42. The van der Waals surface area contributed by atoms with Crippen molar-refractivity contribution in [3.8, 4) is 6.07 Å². The van der Waals surface area contributed by atoms with Crippen molar-refractivity contribution in [3.63, 3.8) is 0 Å². The van der Waals surface area contributed by atoms with Gasteiger partial charge in [-0.1, -0.05) is 17.7 Å². The number of hydrogen-bond acceptors (Lipinski definition) is 2. The molecule has 0 aliphatic heterocycles. The summed E-state index contributed by atoms with van der Waals surface area (Å²) in [6, 6.07) is 15.1. The van der Waals surface area contributed by atoms with Gasteiger partial charge in [0.25, 0.3) is 0 Å². The number of benzene rings is 2. The summed E-state index contributed by atoms with van der Waals surface area (Å²) in [7, 11) is 0. The Labute approximate surface area is 105 Å². The maximum atomic E-state index is 8.71. The summed E-state index contributed by atoms with van der Waals surface area (Å²) in [5, 5.41) is 12.7. The van der Waals surface area contributed by atoms with E-state index in [0.717, 1.165) is 22.0 Å². The Bertz CT molecular complexity index is 568. The van der Waals surface area contributed by atoms with Crippen LogP contribution in [0.5, 0.6) is 0 Å². The third-order valence-corrected chi connectivity index (χ3v) is 2.97. The normalized spacial score (nSPS) is 9.71. The molecule has 0 unspecified atom stereocenters. The zero-order valence-corrected chi connectivity index (χ0v) is 10.1. The average molecular weight is 243 g/mol. The molecule has 0 saturated carbocycles. The molecule has 2 nitrogen and oxygen atoms in total. The standard InChI is InChI=1S/C14H11ClN2/c1-10-13(15)3-2-4-14(10)17-12-7-5-11(9-16)6-8-12/h2-8,17H,1H3. The van der Waals surface area contributed by atoms with Crippen molar-refractivity contribution in [1.82, 2.24) is 0 Å². The van der Waals surface area contributed by atoms with Crippen LogP contribution in [0.1, 0.15) is 11.1 Å². The molecule has 0 heterocycles. The van der Waals surface area contributed by atoms with Crippen LogP contribution in [0.4, 0.5) is 11.4 Å². The Morgan fingerprint density at radius 1 is 1.12 bits per heavy atom. The lowest BCUT2D eigenvalue weighted by Gasteiger charge is -2.10. The quantitative estimate of drug-likeness (QED) is 0.854. The van der Waals surface area contributed by atoms with Crippen molar-refractivity contribution in [1.29, 1.82) is 5.26 Å². The maximum absolute atomic E-state index is 8.71. The maximum Gasteiger partial charge on any atom is 0.0991 e. The van der Waals surface area contributed by atoms with Crippen LogP contribution in [-0.4, -0.2) is 0 Å². The van der Waals surface area contributed by atoms with E-state index < -0.39 is 0 Å². The van der Waals surface area contributed by atoms with Gasteiger partial charge in [-0.25, -0.2) is 0 Å². The molecule has 3 heteroatoms.